The van der Waals surface area contributed by atoms with E-state index >= 15 is 0 Å². The summed E-state index contributed by atoms with van der Waals surface area (Å²) in [6.07, 6.45) is 6.62. The van der Waals surface area contributed by atoms with Crippen LogP contribution in [-0.2, 0) is 4.74 Å². The van der Waals surface area contributed by atoms with Gasteiger partial charge in [0.25, 0.3) is 0 Å². The van der Waals surface area contributed by atoms with Gasteiger partial charge in [-0.25, -0.2) is 0 Å². The Labute approximate surface area is 120 Å². The van der Waals surface area contributed by atoms with Gasteiger partial charge < -0.3 is 10.1 Å². The third kappa shape index (κ3) is 3.50. The number of rotatable bonds is 5. The molecule has 1 fully saturated rings. The lowest BCUT2D eigenvalue weighted by Gasteiger charge is -2.28. The Bertz CT molecular complexity index is 399. The molecule has 0 bridgehead atoms. The predicted molar refractivity (Wildman–Crippen MR) is 77.6 cm³/mol. The molecule has 4 nitrogen and oxygen atoms in total. The minimum Gasteiger partial charge on any atom is -0.378 e. The van der Waals surface area contributed by atoms with Gasteiger partial charge in [0, 0.05) is 12.6 Å². The largest absolute Gasteiger partial charge is 0.378 e. The molecule has 1 aliphatic rings. The Morgan fingerprint density at radius 2 is 2.32 bits per heavy atom. The number of hydrogen-bond acceptors (Lipinski definition) is 3. The van der Waals surface area contributed by atoms with Gasteiger partial charge in [0.15, 0.2) is 0 Å². The molecule has 0 spiro atoms. The van der Waals surface area contributed by atoms with Crippen molar-refractivity contribution in [2.24, 2.45) is 0 Å². The lowest BCUT2D eigenvalue weighted by molar-refractivity contribution is 0.00492. The Kier molecular flexibility index (Phi) is 5.25. The van der Waals surface area contributed by atoms with Crippen molar-refractivity contribution in [1.29, 1.82) is 0 Å². The predicted octanol–water partition coefficient (Wildman–Crippen LogP) is 3.34. The molecule has 0 radical (unpaired) electrons. The average molecular weight is 286 g/mol. The first-order valence-electron chi connectivity index (χ1n) is 7.15. The zero-order valence-corrected chi connectivity index (χ0v) is 12.8. The second-order valence-corrected chi connectivity index (χ2v) is 5.89. The molecule has 0 aliphatic carbocycles. The molecule has 0 aromatic carbocycles. The summed E-state index contributed by atoms with van der Waals surface area (Å²) in [7, 11) is 1.97. The quantitative estimate of drug-likeness (QED) is 0.902. The van der Waals surface area contributed by atoms with Crippen LogP contribution in [0, 0.1) is 0 Å². The van der Waals surface area contributed by atoms with Crippen molar-refractivity contribution in [2.75, 3.05) is 13.7 Å². The van der Waals surface area contributed by atoms with Gasteiger partial charge in [-0.05, 0) is 46.6 Å². The number of aromatic nitrogens is 2. The molecule has 1 aromatic rings. The van der Waals surface area contributed by atoms with E-state index in [1.807, 2.05) is 11.7 Å². The highest BCUT2D eigenvalue weighted by molar-refractivity contribution is 6.31. The normalized spacial score (nSPS) is 21.8. The molecular weight excluding hydrogens is 262 g/mol. The van der Waals surface area contributed by atoms with Crippen LogP contribution in [0.15, 0.2) is 6.20 Å². The summed E-state index contributed by atoms with van der Waals surface area (Å²) in [4.78, 5) is 0. The van der Waals surface area contributed by atoms with Gasteiger partial charge in [-0.15, -0.1) is 0 Å². The van der Waals surface area contributed by atoms with E-state index in [-0.39, 0.29) is 6.04 Å². The van der Waals surface area contributed by atoms with Crippen molar-refractivity contribution in [3.05, 3.63) is 16.9 Å². The molecule has 108 valence electrons. The van der Waals surface area contributed by atoms with Gasteiger partial charge in [0.2, 0.25) is 0 Å². The number of halogens is 1. The van der Waals surface area contributed by atoms with Crippen LogP contribution in [0.2, 0.25) is 5.02 Å². The molecule has 2 atom stereocenters. The summed E-state index contributed by atoms with van der Waals surface area (Å²) >= 11 is 6.32. The lowest BCUT2D eigenvalue weighted by Crippen LogP contribution is -2.29. The fourth-order valence-corrected chi connectivity index (χ4v) is 2.97. The summed E-state index contributed by atoms with van der Waals surface area (Å²) in [6.45, 7) is 5.13. The maximum Gasteiger partial charge on any atom is 0.0834 e. The summed E-state index contributed by atoms with van der Waals surface area (Å²) in [5, 5.41) is 8.48. The van der Waals surface area contributed by atoms with Crippen molar-refractivity contribution in [3.8, 4) is 0 Å². The Morgan fingerprint density at radius 1 is 1.53 bits per heavy atom. The summed E-state index contributed by atoms with van der Waals surface area (Å²) in [5.41, 5.74) is 1.08. The molecule has 1 N–H and O–H groups in total. The van der Waals surface area contributed by atoms with E-state index in [1.54, 1.807) is 6.20 Å². The minimum absolute atomic E-state index is 0.195. The Balaban J connectivity index is 2.14. The molecule has 0 saturated carbocycles. The van der Waals surface area contributed by atoms with Crippen LogP contribution in [0.25, 0.3) is 0 Å². The topological polar surface area (TPSA) is 39.1 Å². The van der Waals surface area contributed by atoms with Crippen LogP contribution < -0.4 is 5.32 Å². The smallest absolute Gasteiger partial charge is 0.0834 e. The van der Waals surface area contributed by atoms with Crippen molar-refractivity contribution >= 4 is 11.6 Å². The second kappa shape index (κ2) is 6.73. The van der Waals surface area contributed by atoms with Crippen molar-refractivity contribution in [1.82, 2.24) is 15.1 Å². The van der Waals surface area contributed by atoms with Gasteiger partial charge in [-0.2, -0.15) is 5.10 Å². The zero-order chi connectivity index (χ0) is 13.8. The molecule has 2 rings (SSSR count). The Hall–Kier alpha value is -0.580. The SMILES string of the molecule is CNC(CC1CCCCO1)c1c(Cl)cnn1C(C)C. The first-order valence-corrected chi connectivity index (χ1v) is 7.53. The monoisotopic (exact) mass is 285 g/mol. The second-order valence-electron chi connectivity index (χ2n) is 5.48. The molecule has 2 heterocycles. The van der Waals surface area contributed by atoms with Crippen LogP contribution in [-0.4, -0.2) is 29.5 Å². The summed E-state index contributed by atoms with van der Waals surface area (Å²) < 4.78 is 7.84. The molecular formula is C14H24ClN3O. The van der Waals surface area contributed by atoms with Gasteiger partial charge in [0.05, 0.1) is 29.1 Å². The van der Waals surface area contributed by atoms with Crippen molar-refractivity contribution in [3.63, 3.8) is 0 Å². The maximum absolute atomic E-state index is 6.32. The highest BCUT2D eigenvalue weighted by atomic mass is 35.5. The van der Waals surface area contributed by atoms with Crippen LogP contribution in [0.4, 0.5) is 0 Å². The fourth-order valence-electron chi connectivity index (χ4n) is 2.71. The highest BCUT2D eigenvalue weighted by Crippen LogP contribution is 2.30. The Morgan fingerprint density at radius 3 is 2.89 bits per heavy atom. The molecule has 1 aromatic heterocycles. The van der Waals surface area contributed by atoms with Gasteiger partial charge in [0.1, 0.15) is 0 Å². The van der Waals surface area contributed by atoms with E-state index in [2.05, 4.69) is 24.3 Å². The van der Waals surface area contributed by atoms with E-state index in [4.69, 9.17) is 16.3 Å². The van der Waals surface area contributed by atoms with E-state index in [1.165, 1.54) is 12.8 Å². The number of hydrogen-bond donors (Lipinski definition) is 1. The van der Waals surface area contributed by atoms with Crippen molar-refractivity contribution < 1.29 is 4.74 Å². The third-order valence-corrected chi connectivity index (χ3v) is 4.02. The van der Waals surface area contributed by atoms with E-state index in [0.29, 0.717) is 12.1 Å². The first-order chi connectivity index (χ1) is 9.13. The van der Waals surface area contributed by atoms with Gasteiger partial charge in [-0.1, -0.05) is 11.6 Å². The van der Waals surface area contributed by atoms with E-state index < -0.39 is 0 Å². The first kappa shape index (κ1) is 14.8. The lowest BCUT2D eigenvalue weighted by atomic mass is 9.99. The van der Waals surface area contributed by atoms with Crippen LogP contribution in [0.5, 0.6) is 0 Å². The van der Waals surface area contributed by atoms with Crippen LogP contribution in [0.1, 0.15) is 57.3 Å². The fraction of sp³-hybridized carbons (Fsp3) is 0.786. The van der Waals surface area contributed by atoms with Crippen LogP contribution in [0.3, 0.4) is 0 Å². The number of ether oxygens (including phenoxy) is 1. The van der Waals surface area contributed by atoms with Crippen LogP contribution >= 0.6 is 11.6 Å². The van der Waals surface area contributed by atoms with E-state index in [9.17, 15) is 0 Å². The molecule has 1 saturated heterocycles. The maximum atomic E-state index is 6.32. The molecule has 0 amide bonds. The number of nitrogens with zero attached hydrogens (tertiary/aromatic N) is 2. The number of nitrogens with one attached hydrogen (secondary N) is 1. The molecule has 1 aliphatic heterocycles. The van der Waals surface area contributed by atoms with E-state index in [0.717, 1.165) is 30.2 Å². The minimum atomic E-state index is 0.195. The summed E-state index contributed by atoms with van der Waals surface area (Å²) in [5.74, 6) is 0. The highest BCUT2D eigenvalue weighted by Gasteiger charge is 2.25. The van der Waals surface area contributed by atoms with Gasteiger partial charge in [-0.3, -0.25) is 4.68 Å². The molecule has 2 unspecified atom stereocenters. The van der Waals surface area contributed by atoms with Crippen molar-refractivity contribution in [2.45, 2.75) is 57.7 Å². The molecule has 5 heteroatoms. The van der Waals surface area contributed by atoms with Gasteiger partial charge >= 0.3 is 0 Å². The standard InChI is InChI=1S/C14H24ClN3O/c1-10(2)18-14(12(15)9-17-18)13(16-3)8-11-6-4-5-7-19-11/h9-11,13,16H,4-8H2,1-3H3. The zero-order valence-electron chi connectivity index (χ0n) is 12.0. The third-order valence-electron chi connectivity index (χ3n) is 3.73. The molecule has 19 heavy (non-hydrogen) atoms. The average Bonchev–Trinajstić information content (AvgIpc) is 2.79. The summed E-state index contributed by atoms with van der Waals surface area (Å²) in [6, 6.07) is 0.506.